The zero-order valence-electron chi connectivity index (χ0n) is 10.8. The van der Waals surface area contributed by atoms with E-state index in [4.69, 9.17) is 0 Å². The highest BCUT2D eigenvalue weighted by Gasteiger charge is 2.16. The van der Waals surface area contributed by atoms with Crippen LogP contribution >= 0.6 is 0 Å². The van der Waals surface area contributed by atoms with E-state index in [-0.39, 0.29) is 5.75 Å². The van der Waals surface area contributed by atoms with E-state index in [0.717, 1.165) is 22.3 Å². The van der Waals surface area contributed by atoms with Gasteiger partial charge in [-0.2, -0.15) is 0 Å². The maximum atomic E-state index is 10.4. The van der Waals surface area contributed by atoms with Gasteiger partial charge in [-0.25, -0.2) is 0 Å². The Kier molecular flexibility index (Phi) is 3.56. The number of benzene rings is 2. The number of rotatable bonds is 3. The van der Waals surface area contributed by atoms with Crippen molar-refractivity contribution in [1.29, 1.82) is 0 Å². The van der Waals surface area contributed by atoms with E-state index in [9.17, 15) is 10.2 Å². The second kappa shape index (κ2) is 5.13. The third-order valence-electron chi connectivity index (χ3n) is 3.26. The normalized spacial score (nSPS) is 10.6. The highest BCUT2D eigenvalue weighted by atomic mass is 16.3. The maximum absolute atomic E-state index is 10.4. The maximum Gasteiger partial charge on any atom is 0.127 e. The average Bonchev–Trinajstić information content (AvgIpc) is 2.41. The Morgan fingerprint density at radius 1 is 0.944 bits per heavy atom. The van der Waals surface area contributed by atoms with Gasteiger partial charge in [0.25, 0.3) is 0 Å². The molecule has 0 aromatic heterocycles. The molecule has 0 atom stereocenters. The fourth-order valence-corrected chi connectivity index (χ4v) is 2.30. The summed E-state index contributed by atoms with van der Waals surface area (Å²) in [4.78, 5) is 0. The van der Waals surface area contributed by atoms with Crippen LogP contribution in [0.15, 0.2) is 36.4 Å². The molecule has 2 rings (SSSR count). The van der Waals surface area contributed by atoms with Crippen LogP contribution in [0.5, 0.6) is 11.5 Å². The number of phenolic OH excluding ortho intramolecular Hbond substituents is 2. The third-order valence-corrected chi connectivity index (χ3v) is 3.26. The standard InChI is InChI=1S/C16H18O2/c1-3-11-10-14(17)13(4-2)15(16(11)18)12-8-6-5-7-9-12/h5-10,17-18H,3-4H2,1-2H3. The van der Waals surface area contributed by atoms with Gasteiger partial charge < -0.3 is 10.2 Å². The molecule has 2 aromatic rings. The molecule has 0 saturated heterocycles. The van der Waals surface area contributed by atoms with E-state index in [1.54, 1.807) is 6.07 Å². The molecule has 0 aliphatic rings. The fraction of sp³-hybridized carbons (Fsp3) is 0.250. The van der Waals surface area contributed by atoms with Gasteiger partial charge in [-0.05, 0) is 30.0 Å². The molecule has 0 saturated carbocycles. The van der Waals surface area contributed by atoms with E-state index in [1.807, 2.05) is 44.2 Å². The van der Waals surface area contributed by atoms with Gasteiger partial charge in [-0.1, -0.05) is 44.2 Å². The van der Waals surface area contributed by atoms with Crippen molar-refractivity contribution in [2.24, 2.45) is 0 Å². The van der Waals surface area contributed by atoms with Gasteiger partial charge >= 0.3 is 0 Å². The molecule has 2 heteroatoms. The molecule has 0 fully saturated rings. The molecule has 18 heavy (non-hydrogen) atoms. The number of hydrogen-bond acceptors (Lipinski definition) is 2. The molecule has 0 aliphatic heterocycles. The summed E-state index contributed by atoms with van der Waals surface area (Å²) in [5, 5.41) is 20.4. The quantitative estimate of drug-likeness (QED) is 0.802. The van der Waals surface area contributed by atoms with Crippen LogP contribution in [0.4, 0.5) is 0 Å². The zero-order valence-corrected chi connectivity index (χ0v) is 10.8. The largest absolute Gasteiger partial charge is 0.508 e. The molecule has 0 spiro atoms. The van der Waals surface area contributed by atoms with Crippen molar-refractivity contribution in [3.8, 4) is 22.6 Å². The van der Waals surface area contributed by atoms with Crippen molar-refractivity contribution in [2.75, 3.05) is 0 Å². The summed E-state index contributed by atoms with van der Waals surface area (Å²) in [5.41, 5.74) is 3.28. The summed E-state index contributed by atoms with van der Waals surface area (Å²) in [5.74, 6) is 0.560. The highest BCUT2D eigenvalue weighted by molar-refractivity contribution is 5.77. The molecule has 2 N–H and O–H groups in total. The van der Waals surface area contributed by atoms with E-state index in [2.05, 4.69) is 0 Å². The molecule has 0 heterocycles. The highest BCUT2D eigenvalue weighted by Crippen LogP contribution is 2.40. The summed E-state index contributed by atoms with van der Waals surface area (Å²) < 4.78 is 0. The molecule has 2 aromatic carbocycles. The van der Waals surface area contributed by atoms with Crippen LogP contribution in [0.2, 0.25) is 0 Å². The van der Waals surface area contributed by atoms with E-state index >= 15 is 0 Å². The van der Waals surface area contributed by atoms with E-state index in [0.29, 0.717) is 18.6 Å². The number of phenols is 2. The van der Waals surface area contributed by atoms with E-state index in [1.165, 1.54) is 0 Å². The van der Waals surface area contributed by atoms with Crippen LogP contribution in [0.25, 0.3) is 11.1 Å². The SMILES string of the molecule is CCc1cc(O)c(CC)c(-c2ccccc2)c1O. The van der Waals surface area contributed by atoms with Gasteiger partial charge in [-0.3, -0.25) is 0 Å². The molecular formula is C16H18O2. The van der Waals surface area contributed by atoms with Gasteiger partial charge in [-0.15, -0.1) is 0 Å². The molecule has 0 radical (unpaired) electrons. The van der Waals surface area contributed by atoms with Crippen molar-refractivity contribution in [2.45, 2.75) is 26.7 Å². The second-order valence-corrected chi connectivity index (χ2v) is 4.33. The van der Waals surface area contributed by atoms with Crippen molar-refractivity contribution in [3.05, 3.63) is 47.5 Å². The van der Waals surface area contributed by atoms with Crippen LogP contribution in [0.1, 0.15) is 25.0 Å². The Bertz CT molecular complexity index is 545. The summed E-state index contributed by atoms with van der Waals surface area (Å²) in [6.45, 7) is 3.95. The van der Waals surface area contributed by atoms with Crippen molar-refractivity contribution in [1.82, 2.24) is 0 Å². The zero-order chi connectivity index (χ0) is 13.1. The van der Waals surface area contributed by atoms with Crippen LogP contribution in [0.3, 0.4) is 0 Å². The van der Waals surface area contributed by atoms with Crippen LogP contribution < -0.4 is 0 Å². The summed E-state index contributed by atoms with van der Waals surface area (Å²) >= 11 is 0. The van der Waals surface area contributed by atoms with Crippen molar-refractivity contribution in [3.63, 3.8) is 0 Å². The predicted molar refractivity (Wildman–Crippen MR) is 74.0 cm³/mol. The first-order chi connectivity index (χ1) is 8.69. The lowest BCUT2D eigenvalue weighted by Gasteiger charge is -2.15. The van der Waals surface area contributed by atoms with Gasteiger partial charge in [0.15, 0.2) is 0 Å². The number of aryl methyl sites for hydroxylation is 1. The monoisotopic (exact) mass is 242 g/mol. The Labute approximate surface area is 108 Å². The molecule has 2 nitrogen and oxygen atoms in total. The van der Waals surface area contributed by atoms with Crippen LogP contribution in [-0.2, 0) is 12.8 Å². The minimum atomic E-state index is 0.269. The lowest BCUT2D eigenvalue weighted by Crippen LogP contribution is -1.94. The lowest BCUT2D eigenvalue weighted by molar-refractivity contribution is 0.451. The summed E-state index contributed by atoms with van der Waals surface area (Å²) in [7, 11) is 0. The first-order valence-electron chi connectivity index (χ1n) is 6.31. The summed E-state index contributed by atoms with van der Waals surface area (Å²) in [6, 6.07) is 11.4. The molecule has 0 bridgehead atoms. The predicted octanol–water partition coefficient (Wildman–Crippen LogP) is 3.89. The first kappa shape index (κ1) is 12.5. The van der Waals surface area contributed by atoms with Gasteiger partial charge in [0.2, 0.25) is 0 Å². The third kappa shape index (κ3) is 2.06. The first-order valence-corrected chi connectivity index (χ1v) is 6.31. The van der Waals surface area contributed by atoms with Gasteiger partial charge in [0.1, 0.15) is 11.5 Å². The Morgan fingerprint density at radius 3 is 2.17 bits per heavy atom. The summed E-state index contributed by atoms with van der Waals surface area (Å²) in [6.07, 6.45) is 1.39. The minimum Gasteiger partial charge on any atom is -0.508 e. The fourth-order valence-electron chi connectivity index (χ4n) is 2.30. The minimum absolute atomic E-state index is 0.269. The topological polar surface area (TPSA) is 40.5 Å². The second-order valence-electron chi connectivity index (χ2n) is 4.33. The van der Waals surface area contributed by atoms with Crippen LogP contribution in [-0.4, -0.2) is 10.2 Å². The number of hydrogen-bond donors (Lipinski definition) is 2. The molecule has 0 amide bonds. The average molecular weight is 242 g/mol. The molecule has 94 valence electrons. The van der Waals surface area contributed by atoms with Gasteiger partial charge in [0.05, 0.1) is 0 Å². The molecule has 0 unspecified atom stereocenters. The Morgan fingerprint density at radius 2 is 1.61 bits per heavy atom. The van der Waals surface area contributed by atoms with E-state index < -0.39 is 0 Å². The molecular weight excluding hydrogens is 224 g/mol. The number of aromatic hydroxyl groups is 2. The van der Waals surface area contributed by atoms with Gasteiger partial charge in [0, 0.05) is 11.1 Å². The van der Waals surface area contributed by atoms with Crippen molar-refractivity contribution >= 4 is 0 Å². The lowest BCUT2D eigenvalue weighted by atomic mass is 9.93. The van der Waals surface area contributed by atoms with Crippen molar-refractivity contribution < 1.29 is 10.2 Å². The Balaban J connectivity index is 2.75. The van der Waals surface area contributed by atoms with Crippen LogP contribution in [0, 0.1) is 0 Å². The Hall–Kier alpha value is -1.96. The smallest absolute Gasteiger partial charge is 0.127 e. The molecule has 0 aliphatic carbocycles.